The number of rotatable bonds is 4. The van der Waals surface area contributed by atoms with Gasteiger partial charge in [-0.25, -0.2) is 0 Å². The highest BCUT2D eigenvalue weighted by atomic mass is 16.5. The molecule has 1 atom stereocenters. The van der Waals surface area contributed by atoms with Gasteiger partial charge >= 0.3 is 0 Å². The summed E-state index contributed by atoms with van der Waals surface area (Å²) in [6.45, 7) is 1.36. The third kappa shape index (κ3) is 3.63. The molecule has 1 heterocycles. The summed E-state index contributed by atoms with van der Waals surface area (Å²) in [7, 11) is 3.84. The number of nitrogen functional groups attached to an aromatic ring is 1. The minimum atomic E-state index is -0.101. The molecule has 1 amide bonds. The molecule has 20 heavy (non-hydrogen) atoms. The van der Waals surface area contributed by atoms with E-state index in [4.69, 9.17) is 10.5 Å². The maximum Gasteiger partial charge on any atom is 0.251 e. The van der Waals surface area contributed by atoms with E-state index in [0.29, 0.717) is 17.8 Å². The lowest BCUT2D eigenvalue weighted by atomic mass is 10.1. The molecule has 0 aliphatic carbocycles. The third-order valence-electron chi connectivity index (χ3n) is 3.54. The van der Waals surface area contributed by atoms with Crippen molar-refractivity contribution in [1.29, 1.82) is 0 Å². The van der Waals surface area contributed by atoms with Crippen molar-refractivity contribution in [3.8, 4) is 0 Å². The van der Waals surface area contributed by atoms with Crippen LogP contribution >= 0.6 is 0 Å². The Bertz CT molecular complexity index is 468. The lowest BCUT2D eigenvalue weighted by Crippen LogP contribution is -2.35. The number of nitrogens with two attached hydrogens (primary N) is 1. The van der Waals surface area contributed by atoms with Crippen molar-refractivity contribution in [2.45, 2.75) is 25.4 Å². The van der Waals surface area contributed by atoms with Crippen molar-refractivity contribution >= 4 is 17.3 Å². The fourth-order valence-electron chi connectivity index (χ4n) is 2.38. The maximum absolute atomic E-state index is 12.1. The Hall–Kier alpha value is -1.75. The van der Waals surface area contributed by atoms with Gasteiger partial charge in [0.2, 0.25) is 0 Å². The largest absolute Gasteiger partial charge is 0.397 e. The first-order valence-corrected chi connectivity index (χ1v) is 7.04. The molecule has 1 fully saturated rings. The molecule has 5 nitrogen and oxygen atoms in total. The van der Waals surface area contributed by atoms with E-state index < -0.39 is 0 Å². The van der Waals surface area contributed by atoms with Crippen LogP contribution in [-0.4, -0.2) is 39.3 Å². The number of carbonyl (C=O) groups excluding carboxylic acids is 1. The van der Waals surface area contributed by atoms with Gasteiger partial charge in [-0.15, -0.1) is 0 Å². The molecule has 0 aromatic heterocycles. The summed E-state index contributed by atoms with van der Waals surface area (Å²) in [6, 6.07) is 5.37. The number of benzene rings is 1. The Balaban J connectivity index is 1.93. The lowest BCUT2D eigenvalue weighted by molar-refractivity contribution is 0.0169. The van der Waals surface area contributed by atoms with Gasteiger partial charge < -0.3 is 20.7 Å². The average molecular weight is 277 g/mol. The number of ether oxygens (including phenoxy) is 1. The predicted molar refractivity (Wildman–Crippen MR) is 81.1 cm³/mol. The summed E-state index contributed by atoms with van der Waals surface area (Å²) < 4.78 is 5.59. The number of carbonyl (C=O) groups is 1. The van der Waals surface area contributed by atoms with Crippen molar-refractivity contribution in [3.63, 3.8) is 0 Å². The molecule has 1 aromatic rings. The van der Waals surface area contributed by atoms with E-state index in [1.165, 1.54) is 6.42 Å². The van der Waals surface area contributed by atoms with Crippen LogP contribution in [0.1, 0.15) is 29.6 Å². The number of nitrogens with zero attached hydrogens (tertiary/aromatic N) is 1. The van der Waals surface area contributed by atoms with Crippen molar-refractivity contribution in [2.24, 2.45) is 0 Å². The molecule has 0 bridgehead atoms. The van der Waals surface area contributed by atoms with E-state index in [2.05, 4.69) is 5.32 Å². The van der Waals surface area contributed by atoms with Crippen LogP contribution in [0.25, 0.3) is 0 Å². The Morgan fingerprint density at radius 1 is 1.45 bits per heavy atom. The monoisotopic (exact) mass is 277 g/mol. The van der Waals surface area contributed by atoms with E-state index >= 15 is 0 Å². The zero-order chi connectivity index (χ0) is 14.5. The summed E-state index contributed by atoms with van der Waals surface area (Å²) in [5, 5.41) is 2.91. The Labute approximate surface area is 120 Å². The molecule has 1 aromatic carbocycles. The average Bonchev–Trinajstić information content (AvgIpc) is 2.45. The van der Waals surface area contributed by atoms with Gasteiger partial charge in [-0.3, -0.25) is 4.79 Å². The zero-order valence-corrected chi connectivity index (χ0v) is 12.2. The van der Waals surface area contributed by atoms with Crippen LogP contribution < -0.4 is 16.0 Å². The van der Waals surface area contributed by atoms with Gasteiger partial charge in [0.05, 0.1) is 17.5 Å². The molecular weight excluding hydrogens is 254 g/mol. The number of amides is 1. The summed E-state index contributed by atoms with van der Waals surface area (Å²) in [6.07, 6.45) is 3.45. The quantitative estimate of drug-likeness (QED) is 0.821. The van der Waals surface area contributed by atoms with Gasteiger partial charge in [0, 0.05) is 32.8 Å². The molecule has 1 saturated heterocycles. The van der Waals surface area contributed by atoms with E-state index in [1.54, 1.807) is 12.1 Å². The lowest BCUT2D eigenvalue weighted by Gasteiger charge is -2.22. The van der Waals surface area contributed by atoms with Crippen molar-refractivity contribution in [2.75, 3.05) is 37.9 Å². The summed E-state index contributed by atoms with van der Waals surface area (Å²) in [4.78, 5) is 14.0. The summed E-state index contributed by atoms with van der Waals surface area (Å²) >= 11 is 0. The van der Waals surface area contributed by atoms with Gasteiger partial charge in [-0.1, -0.05) is 0 Å². The van der Waals surface area contributed by atoms with Gasteiger partial charge in [0.25, 0.3) is 5.91 Å². The molecule has 110 valence electrons. The minimum absolute atomic E-state index is 0.101. The van der Waals surface area contributed by atoms with Crippen LogP contribution in [0.5, 0.6) is 0 Å². The van der Waals surface area contributed by atoms with E-state index in [-0.39, 0.29) is 12.0 Å². The molecule has 0 spiro atoms. The van der Waals surface area contributed by atoms with Gasteiger partial charge in [-0.2, -0.15) is 0 Å². The van der Waals surface area contributed by atoms with Crippen LogP contribution in [0, 0.1) is 0 Å². The molecular formula is C15H23N3O2. The molecule has 0 radical (unpaired) electrons. The van der Waals surface area contributed by atoms with Crippen LogP contribution in [-0.2, 0) is 4.74 Å². The van der Waals surface area contributed by atoms with Crippen molar-refractivity contribution in [3.05, 3.63) is 23.8 Å². The summed E-state index contributed by atoms with van der Waals surface area (Å²) in [5.74, 6) is -0.101. The van der Waals surface area contributed by atoms with E-state index in [0.717, 1.165) is 25.1 Å². The number of nitrogens with one attached hydrogen (secondary N) is 1. The first kappa shape index (κ1) is 14.7. The topological polar surface area (TPSA) is 67.6 Å². The zero-order valence-electron chi connectivity index (χ0n) is 12.2. The number of hydrogen-bond donors (Lipinski definition) is 2. The number of anilines is 2. The predicted octanol–water partition coefficient (Wildman–Crippen LogP) is 1.63. The molecule has 5 heteroatoms. The first-order valence-electron chi connectivity index (χ1n) is 7.04. The highest BCUT2D eigenvalue weighted by molar-refractivity contribution is 5.96. The first-order chi connectivity index (χ1) is 9.58. The number of hydrogen-bond acceptors (Lipinski definition) is 4. The normalized spacial score (nSPS) is 18.6. The molecule has 0 saturated carbocycles. The van der Waals surface area contributed by atoms with Crippen LogP contribution in [0.3, 0.4) is 0 Å². The molecule has 1 aliphatic rings. The maximum atomic E-state index is 12.1. The molecule has 1 aliphatic heterocycles. The van der Waals surface area contributed by atoms with Gasteiger partial charge in [0.1, 0.15) is 0 Å². The molecule has 3 N–H and O–H groups in total. The Kier molecular flexibility index (Phi) is 4.84. The van der Waals surface area contributed by atoms with Crippen LogP contribution in [0.2, 0.25) is 0 Å². The second-order valence-corrected chi connectivity index (χ2v) is 5.37. The van der Waals surface area contributed by atoms with E-state index in [1.807, 2.05) is 25.1 Å². The van der Waals surface area contributed by atoms with Crippen molar-refractivity contribution in [1.82, 2.24) is 5.32 Å². The Morgan fingerprint density at radius 3 is 2.85 bits per heavy atom. The summed E-state index contributed by atoms with van der Waals surface area (Å²) in [5.41, 5.74) is 8.06. The standard InChI is InChI=1S/C15H23N3O2/c1-18(2)14-7-6-11(9-13(14)16)15(19)17-10-12-5-3-4-8-20-12/h6-7,9,12H,3-5,8,10,16H2,1-2H3,(H,17,19). The molecule has 1 unspecified atom stereocenters. The fraction of sp³-hybridized carbons (Fsp3) is 0.533. The van der Waals surface area contributed by atoms with Gasteiger partial charge in [-0.05, 0) is 37.5 Å². The minimum Gasteiger partial charge on any atom is -0.397 e. The fourth-order valence-corrected chi connectivity index (χ4v) is 2.38. The smallest absolute Gasteiger partial charge is 0.251 e. The highest BCUT2D eigenvalue weighted by Gasteiger charge is 2.15. The van der Waals surface area contributed by atoms with Crippen LogP contribution in [0.4, 0.5) is 11.4 Å². The SMILES string of the molecule is CN(C)c1ccc(C(=O)NCC2CCCCO2)cc1N. The van der Waals surface area contributed by atoms with Crippen molar-refractivity contribution < 1.29 is 9.53 Å². The van der Waals surface area contributed by atoms with E-state index in [9.17, 15) is 4.79 Å². The Morgan fingerprint density at radius 2 is 2.25 bits per heavy atom. The second-order valence-electron chi connectivity index (χ2n) is 5.37. The molecule has 2 rings (SSSR count). The third-order valence-corrected chi connectivity index (χ3v) is 3.54. The van der Waals surface area contributed by atoms with Crippen LogP contribution in [0.15, 0.2) is 18.2 Å². The van der Waals surface area contributed by atoms with Gasteiger partial charge in [0.15, 0.2) is 0 Å². The second kappa shape index (κ2) is 6.61. The highest BCUT2D eigenvalue weighted by Crippen LogP contribution is 2.22.